The first-order chi connectivity index (χ1) is 6.87. The molecule has 0 spiro atoms. The molecule has 0 heterocycles. The summed E-state index contributed by atoms with van der Waals surface area (Å²) in [6, 6.07) is -0.385. The first-order valence-corrected chi connectivity index (χ1v) is 7.00. The Morgan fingerprint density at radius 1 is 1.47 bits per heavy atom. The molecule has 15 heavy (non-hydrogen) atoms. The molecule has 0 rings (SSSR count). The van der Waals surface area contributed by atoms with Crippen LogP contribution in [-0.4, -0.2) is 45.6 Å². The van der Waals surface area contributed by atoms with Gasteiger partial charge in [0, 0.05) is 6.26 Å². The van der Waals surface area contributed by atoms with Crippen LogP contribution in [0.5, 0.6) is 0 Å². The van der Waals surface area contributed by atoms with E-state index in [-0.39, 0.29) is 17.8 Å². The molecule has 0 bridgehead atoms. The lowest BCUT2D eigenvalue weighted by atomic mass is 10.3. The van der Waals surface area contributed by atoms with Crippen LogP contribution in [-0.2, 0) is 19.4 Å². The summed E-state index contributed by atoms with van der Waals surface area (Å²) in [5.41, 5.74) is 0. The van der Waals surface area contributed by atoms with Gasteiger partial charge in [-0.1, -0.05) is 0 Å². The SMILES string of the molecule is CCOC(=O)C(C)NCCCS(C)(=O)=O. The summed E-state index contributed by atoms with van der Waals surface area (Å²) in [6.07, 6.45) is 1.70. The molecule has 1 atom stereocenters. The van der Waals surface area contributed by atoms with Gasteiger partial charge in [-0.2, -0.15) is 0 Å². The van der Waals surface area contributed by atoms with Gasteiger partial charge >= 0.3 is 5.97 Å². The van der Waals surface area contributed by atoms with Gasteiger partial charge in [0.1, 0.15) is 15.9 Å². The van der Waals surface area contributed by atoms with E-state index >= 15 is 0 Å². The molecule has 0 aromatic carbocycles. The molecule has 0 saturated heterocycles. The van der Waals surface area contributed by atoms with Gasteiger partial charge in [0.15, 0.2) is 0 Å². The van der Waals surface area contributed by atoms with Crippen LogP contribution < -0.4 is 5.32 Å². The summed E-state index contributed by atoms with van der Waals surface area (Å²) in [5, 5.41) is 2.90. The number of rotatable bonds is 7. The van der Waals surface area contributed by atoms with E-state index in [0.717, 1.165) is 0 Å². The Morgan fingerprint density at radius 2 is 2.07 bits per heavy atom. The Balaban J connectivity index is 3.64. The van der Waals surface area contributed by atoms with Crippen molar-refractivity contribution < 1.29 is 17.9 Å². The van der Waals surface area contributed by atoms with Crippen LogP contribution in [0.3, 0.4) is 0 Å². The monoisotopic (exact) mass is 237 g/mol. The molecule has 0 fully saturated rings. The molecule has 0 aliphatic heterocycles. The number of sulfone groups is 1. The molecule has 5 nitrogen and oxygen atoms in total. The molecular formula is C9H19NO4S. The normalized spacial score (nSPS) is 13.5. The summed E-state index contributed by atoms with van der Waals surface area (Å²) in [5.74, 6) is -0.174. The molecular weight excluding hydrogens is 218 g/mol. The fourth-order valence-electron chi connectivity index (χ4n) is 1.00. The van der Waals surface area contributed by atoms with Gasteiger partial charge in [0.25, 0.3) is 0 Å². The fourth-order valence-corrected chi connectivity index (χ4v) is 1.67. The average molecular weight is 237 g/mol. The first kappa shape index (κ1) is 14.4. The van der Waals surface area contributed by atoms with E-state index in [4.69, 9.17) is 4.74 Å². The maximum atomic E-state index is 11.1. The summed E-state index contributed by atoms with van der Waals surface area (Å²) in [7, 11) is -2.91. The predicted molar refractivity (Wildman–Crippen MR) is 58.4 cm³/mol. The Bertz CT molecular complexity index is 286. The van der Waals surface area contributed by atoms with Crippen molar-refractivity contribution in [2.24, 2.45) is 0 Å². The highest BCUT2D eigenvalue weighted by Crippen LogP contribution is 1.91. The number of esters is 1. The zero-order chi connectivity index (χ0) is 11.9. The second-order valence-electron chi connectivity index (χ2n) is 3.41. The second-order valence-corrected chi connectivity index (χ2v) is 5.67. The Hall–Kier alpha value is -0.620. The Morgan fingerprint density at radius 3 is 2.53 bits per heavy atom. The average Bonchev–Trinajstić information content (AvgIpc) is 2.11. The van der Waals surface area contributed by atoms with Crippen LogP contribution in [0.15, 0.2) is 0 Å². The predicted octanol–water partition coefficient (Wildman–Crippen LogP) is -0.0377. The first-order valence-electron chi connectivity index (χ1n) is 4.94. The number of carbonyl (C=O) groups is 1. The lowest BCUT2D eigenvalue weighted by Crippen LogP contribution is -2.36. The molecule has 90 valence electrons. The summed E-state index contributed by atoms with van der Waals surface area (Å²) in [4.78, 5) is 11.1. The number of hydrogen-bond acceptors (Lipinski definition) is 5. The summed E-state index contributed by atoms with van der Waals surface area (Å²) in [6.45, 7) is 4.29. The summed E-state index contributed by atoms with van der Waals surface area (Å²) < 4.78 is 26.4. The molecule has 0 aromatic heterocycles. The van der Waals surface area contributed by atoms with E-state index in [2.05, 4.69) is 5.32 Å². The largest absolute Gasteiger partial charge is 0.465 e. The number of ether oxygens (including phenoxy) is 1. The third-order valence-electron chi connectivity index (χ3n) is 1.78. The van der Waals surface area contributed by atoms with Crippen molar-refractivity contribution in [1.29, 1.82) is 0 Å². The van der Waals surface area contributed by atoms with Crippen molar-refractivity contribution in [1.82, 2.24) is 5.32 Å². The van der Waals surface area contributed by atoms with E-state index in [0.29, 0.717) is 19.6 Å². The molecule has 0 saturated carbocycles. The van der Waals surface area contributed by atoms with Crippen LogP contribution in [0.25, 0.3) is 0 Å². The van der Waals surface area contributed by atoms with Gasteiger partial charge < -0.3 is 10.1 Å². The Kier molecular flexibility index (Phi) is 6.51. The van der Waals surface area contributed by atoms with Crippen LogP contribution in [0.2, 0.25) is 0 Å². The third kappa shape index (κ3) is 8.38. The van der Waals surface area contributed by atoms with Gasteiger partial charge in [-0.15, -0.1) is 0 Å². The lowest BCUT2D eigenvalue weighted by Gasteiger charge is -2.11. The van der Waals surface area contributed by atoms with Crippen molar-refractivity contribution in [2.75, 3.05) is 25.2 Å². The minimum Gasteiger partial charge on any atom is -0.465 e. The van der Waals surface area contributed by atoms with Gasteiger partial charge in [0.2, 0.25) is 0 Å². The van der Waals surface area contributed by atoms with Crippen LogP contribution in [0.1, 0.15) is 20.3 Å². The molecule has 0 radical (unpaired) electrons. The molecule has 0 aliphatic rings. The second kappa shape index (κ2) is 6.79. The minimum atomic E-state index is -2.91. The smallest absolute Gasteiger partial charge is 0.322 e. The van der Waals surface area contributed by atoms with Gasteiger partial charge in [-0.05, 0) is 26.8 Å². The van der Waals surface area contributed by atoms with Crippen molar-refractivity contribution in [3.63, 3.8) is 0 Å². The molecule has 1 N–H and O–H groups in total. The standard InChI is InChI=1S/C9H19NO4S/c1-4-14-9(11)8(2)10-6-5-7-15(3,12)13/h8,10H,4-7H2,1-3H3. The van der Waals surface area contributed by atoms with Crippen LogP contribution in [0.4, 0.5) is 0 Å². The van der Waals surface area contributed by atoms with Crippen molar-refractivity contribution in [3.05, 3.63) is 0 Å². The fraction of sp³-hybridized carbons (Fsp3) is 0.889. The van der Waals surface area contributed by atoms with Crippen molar-refractivity contribution in [3.8, 4) is 0 Å². The molecule has 0 amide bonds. The quantitative estimate of drug-likeness (QED) is 0.497. The maximum absolute atomic E-state index is 11.1. The number of carbonyl (C=O) groups excluding carboxylic acids is 1. The highest BCUT2D eigenvalue weighted by Gasteiger charge is 2.12. The van der Waals surface area contributed by atoms with Gasteiger partial charge in [0.05, 0.1) is 12.4 Å². The van der Waals surface area contributed by atoms with E-state index < -0.39 is 9.84 Å². The molecule has 0 aliphatic carbocycles. The van der Waals surface area contributed by atoms with Crippen LogP contribution >= 0.6 is 0 Å². The van der Waals surface area contributed by atoms with E-state index in [1.54, 1.807) is 13.8 Å². The maximum Gasteiger partial charge on any atom is 0.322 e. The van der Waals surface area contributed by atoms with Crippen molar-refractivity contribution >= 4 is 15.8 Å². The molecule has 1 unspecified atom stereocenters. The molecule has 6 heteroatoms. The zero-order valence-corrected chi connectivity index (χ0v) is 10.3. The topological polar surface area (TPSA) is 72.5 Å². The summed E-state index contributed by atoms with van der Waals surface area (Å²) >= 11 is 0. The zero-order valence-electron chi connectivity index (χ0n) is 9.45. The van der Waals surface area contributed by atoms with Gasteiger partial charge in [-0.25, -0.2) is 8.42 Å². The lowest BCUT2D eigenvalue weighted by molar-refractivity contribution is -0.145. The van der Waals surface area contributed by atoms with Gasteiger partial charge in [-0.3, -0.25) is 4.79 Å². The van der Waals surface area contributed by atoms with E-state index in [1.807, 2.05) is 0 Å². The minimum absolute atomic E-state index is 0.134. The molecule has 0 aromatic rings. The van der Waals surface area contributed by atoms with E-state index in [1.165, 1.54) is 6.26 Å². The van der Waals surface area contributed by atoms with Crippen LogP contribution in [0, 0.1) is 0 Å². The third-order valence-corrected chi connectivity index (χ3v) is 2.81. The number of hydrogen-bond donors (Lipinski definition) is 1. The Labute approximate surface area is 91.1 Å². The van der Waals surface area contributed by atoms with Crippen molar-refractivity contribution in [2.45, 2.75) is 26.3 Å². The highest BCUT2D eigenvalue weighted by molar-refractivity contribution is 7.90. The highest BCUT2D eigenvalue weighted by atomic mass is 32.2. The number of nitrogens with one attached hydrogen (secondary N) is 1. The van der Waals surface area contributed by atoms with E-state index in [9.17, 15) is 13.2 Å².